The Morgan fingerprint density at radius 1 is 1.13 bits per heavy atom. The molecular formula is C23H35ClN2O4S. The molecule has 0 aromatic heterocycles. The summed E-state index contributed by atoms with van der Waals surface area (Å²) in [6, 6.07) is 4.59. The molecule has 0 bridgehead atoms. The largest absolute Gasteiger partial charge is 0.490 e. The van der Waals surface area contributed by atoms with Crippen molar-refractivity contribution in [3.8, 4) is 11.5 Å². The van der Waals surface area contributed by atoms with Crippen molar-refractivity contribution in [2.45, 2.75) is 58.0 Å². The Bertz CT molecular complexity index is 879. The molecule has 6 nitrogen and oxygen atoms in total. The zero-order valence-corrected chi connectivity index (χ0v) is 20.3. The smallest absolute Gasteiger partial charge is 0.214 e. The van der Waals surface area contributed by atoms with E-state index in [1.54, 1.807) is 0 Å². The highest BCUT2D eigenvalue weighted by molar-refractivity contribution is 7.89. The summed E-state index contributed by atoms with van der Waals surface area (Å²) in [6.45, 7) is 7.78. The van der Waals surface area contributed by atoms with Crippen molar-refractivity contribution in [3.05, 3.63) is 23.3 Å². The molecule has 3 aliphatic rings. The highest BCUT2D eigenvalue weighted by Crippen LogP contribution is 2.46. The fraction of sp³-hybridized carbons (Fsp3) is 0.739. The summed E-state index contributed by atoms with van der Waals surface area (Å²) in [4.78, 5) is 2.56. The van der Waals surface area contributed by atoms with Crippen LogP contribution in [-0.4, -0.2) is 68.1 Å². The molecule has 4 rings (SSSR count). The molecule has 3 heterocycles. The maximum atomic E-state index is 13.1. The van der Waals surface area contributed by atoms with Crippen molar-refractivity contribution in [2.24, 2.45) is 5.92 Å². The van der Waals surface area contributed by atoms with E-state index in [4.69, 9.17) is 21.1 Å². The Morgan fingerprint density at radius 2 is 1.87 bits per heavy atom. The third-order valence-electron chi connectivity index (χ3n) is 6.97. The zero-order chi connectivity index (χ0) is 22.0. The Morgan fingerprint density at radius 3 is 2.58 bits per heavy atom. The number of nitrogens with zero attached hydrogens (tertiary/aromatic N) is 2. The van der Waals surface area contributed by atoms with E-state index in [1.165, 1.54) is 11.1 Å². The van der Waals surface area contributed by atoms with Crippen molar-refractivity contribution < 1.29 is 17.9 Å². The Hall–Kier alpha value is -1.02. The molecule has 3 aliphatic heterocycles. The van der Waals surface area contributed by atoms with Gasteiger partial charge in [0.1, 0.15) is 0 Å². The van der Waals surface area contributed by atoms with Gasteiger partial charge < -0.3 is 9.47 Å². The predicted molar refractivity (Wildman–Crippen MR) is 124 cm³/mol. The standard InChI is InChI=1S/C23H35ClN2O4S/c1-3-29-22-13-17-8-11-25-16-18-7-5-10-26(31(27,28)12-6-9-24)20(18)15-21(25)19(17)14-23(22)30-4-2/h13-14,18,20-21H,3-12,15-16H2,1-2H3/t18-,20+,21+/m1/s1. The van der Waals surface area contributed by atoms with Crippen LogP contribution in [-0.2, 0) is 16.4 Å². The Labute approximate surface area is 191 Å². The summed E-state index contributed by atoms with van der Waals surface area (Å²) in [6.07, 6.45) is 4.40. The molecule has 0 aliphatic carbocycles. The van der Waals surface area contributed by atoms with E-state index in [9.17, 15) is 8.42 Å². The van der Waals surface area contributed by atoms with Crippen LogP contribution < -0.4 is 9.47 Å². The second-order valence-electron chi connectivity index (χ2n) is 8.80. The molecule has 2 fully saturated rings. The van der Waals surface area contributed by atoms with Crippen molar-refractivity contribution in [3.63, 3.8) is 0 Å². The van der Waals surface area contributed by atoms with Crippen molar-refractivity contribution in [1.82, 2.24) is 9.21 Å². The fourth-order valence-electron chi connectivity index (χ4n) is 5.65. The number of alkyl halides is 1. The highest BCUT2D eigenvalue weighted by Gasteiger charge is 2.45. The topological polar surface area (TPSA) is 59.1 Å². The first kappa shape index (κ1) is 23.1. The van der Waals surface area contributed by atoms with Crippen LogP contribution in [0.5, 0.6) is 11.5 Å². The molecule has 31 heavy (non-hydrogen) atoms. The van der Waals surface area contributed by atoms with Gasteiger partial charge in [0.05, 0.1) is 19.0 Å². The summed E-state index contributed by atoms with van der Waals surface area (Å²) in [5, 5.41) is 0. The van der Waals surface area contributed by atoms with Gasteiger partial charge in [-0.2, -0.15) is 4.31 Å². The lowest BCUT2D eigenvalue weighted by molar-refractivity contribution is 0.0218. The monoisotopic (exact) mass is 470 g/mol. The zero-order valence-electron chi connectivity index (χ0n) is 18.7. The summed E-state index contributed by atoms with van der Waals surface area (Å²) >= 11 is 5.80. The van der Waals surface area contributed by atoms with E-state index in [-0.39, 0.29) is 17.8 Å². The fourth-order valence-corrected chi connectivity index (χ4v) is 7.76. The molecule has 0 unspecified atom stereocenters. The number of fused-ring (bicyclic) bond motifs is 4. The summed E-state index contributed by atoms with van der Waals surface area (Å²) in [7, 11) is -3.28. The maximum absolute atomic E-state index is 13.1. The first-order valence-electron chi connectivity index (χ1n) is 11.7. The number of halogens is 1. The van der Waals surface area contributed by atoms with Crippen molar-refractivity contribution in [2.75, 3.05) is 44.5 Å². The second kappa shape index (κ2) is 9.86. The normalized spacial score (nSPS) is 26.6. The number of piperidine rings is 2. The SMILES string of the molecule is CCOc1cc2c(cc1OCC)[C@@H]1C[C@H]3[C@H](CCCN3S(=O)(=O)CCCCl)CN1CC2. The molecule has 2 saturated heterocycles. The predicted octanol–water partition coefficient (Wildman–Crippen LogP) is 3.83. The van der Waals surface area contributed by atoms with Gasteiger partial charge in [-0.05, 0) is 75.1 Å². The number of hydrogen-bond donors (Lipinski definition) is 0. The molecule has 8 heteroatoms. The molecule has 1 aromatic rings. The average molecular weight is 471 g/mol. The number of sulfonamides is 1. The first-order valence-corrected chi connectivity index (χ1v) is 13.8. The molecule has 174 valence electrons. The summed E-state index contributed by atoms with van der Waals surface area (Å²) < 4.78 is 39.7. The lowest BCUT2D eigenvalue weighted by Gasteiger charge is -2.51. The lowest BCUT2D eigenvalue weighted by Crippen LogP contribution is -2.57. The van der Waals surface area contributed by atoms with Crippen LogP contribution in [0.25, 0.3) is 0 Å². The van der Waals surface area contributed by atoms with Gasteiger partial charge in [-0.25, -0.2) is 8.42 Å². The number of hydrogen-bond acceptors (Lipinski definition) is 5. The van der Waals surface area contributed by atoms with Gasteiger partial charge in [-0.1, -0.05) is 0 Å². The molecule has 0 radical (unpaired) electrons. The average Bonchev–Trinajstić information content (AvgIpc) is 2.76. The second-order valence-corrected chi connectivity index (χ2v) is 11.2. The van der Waals surface area contributed by atoms with Crippen molar-refractivity contribution >= 4 is 21.6 Å². The van der Waals surface area contributed by atoms with E-state index >= 15 is 0 Å². The van der Waals surface area contributed by atoms with E-state index in [0.717, 1.165) is 50.3 Å². The van der Waals surface area contributed by atoms with Crippen LogP contribution >= 0.6 is 11.6 Å². The van der Waals surface area contributed by atoms with Crippen LogP contribution in [0.3, 0.4) is 0 Å². The lowest BCUT2D eigenvalue weighted by atomic mass is 9.77. The van der Waals surface area contributed by atoms with Gasteiger partial charge in [0.2, 0.25) is 10.0 Å². The van der Waals surface area contributed by atoms with Gasteiger partial charge in [0.15, 0.2) is 11.5 Å². The highest BCUT2D eigenvalue weighted by atomic mass is 35.5. The molecule has 0 N–H and O–H groups in total. The third-order valence-corrected chi connectivity index (χ3v) is 9.21. The van der Waals surface area contributed by atoms with E-state index in [0.29, 0.717) is 38.0 Å². The maximum Gasteiger partial charge on any atom is 0.214 e. The Kier molecular flexibility index (Phi) is 7.36. The van der Waals surface area contributed by atoms with Crippen molar-refractivity contribution in [1.29, 1.82) is 0 Å². The van der Waals surface area contributed by atoms with E-state index in [1.807, 2.05) is 18.2 Å². The molecule has 1 aromatic carbocycles. The quantitative estimate of drug-likeness (QED) is 0.540. The Balaban J connectivity index is 1.64. The summed E-state index contributed by atoms with van der Waals surface area (Å²) in [5.41, 5.74) is 2.58. The van der Waals surface area contributed by atoms with Gasteiger partial charge in [0.25, 0.3) is 0 Å². The van der Waals surface area contributed by atoms with E-state index in [2.05, 4.69) is 17.0 Å². The number of rotatable bonds is 8. The van der Waals surface area contributed by atoms with Crippen LogP contribution in [0.15, 0.2) is 12.1 Å². The van der Waals surface area contributed by atoms with Gasteiger partial charge >= 0.3 is 0 Å². The third kappa shape index (κ3) is 4.70. The van der Waals surface area contributed by atoms with Crippen LogP contribution in [0.2, 0.25) is 0 Å². The molecular weight excluding hydrogens is 436 g/mol. The van der Waals surface area contributed by atoms with E-state index < -0.39 is 10.0 Å². The molecule has 0 amide bonds. The first-order chi connectivity index (χ1) is 15.0. The number of ether oxygens (including phenoxy) is 2. The minimum absolute atomic E-state index is 0.0726. The van der Waals surface area contributed by atoms with Crippen LogP contribution in [0.4, 0.5) is 0 Å². The van der Waals surface area contributed by atoms with Gasteiger partial charge in [0, 0.05) is 37.6 Å². The van der Waals surface area contributed by atoms with Gasteiger partial charge in [-0.3, -0.25) is 4.90 Å². The minimum atomic E-state index is -3.28. The molecule has 0 spiro atoms. The van der Waals surface area contributed by atoms with Crippen LogP contribution in [0, 0.1) is 5.92 Å². The van der Waals surface area contributed by atoms with Crippen LogP contribution in [0.1, 0.15) is 56.7 Å². The molecule has 3 atom stereocenters. The minimum Gasteiger partial charge on any atom is -0.490 e. The van der Waals surface area contributed by atoms with Gasteiger partial charge in [-0.15, -0.1) is 11.6 Å². The number of benzene rings is 1. The summed E-state index contributed by atoms with van der Waals surface area (Å²) in [5.74, 6) is 2.55. The molecule has 0 saturated carbocycles.